The zero-order valence-electron chi connectivity index (χ0n) is 11.0. The van der Waals surface area contributed by atoms with E-state index in [2.05, 4.69) is 5.32 Å². The molecule has 1 saturated heterocycles. The fourth-order valence-electron chi connectivity index (χ4n) is 2.18. The van der Waals surface area contributed by atoms with E-state index >= 15 is 0 Å². The Labute approximate surface area is 122 Å². The van der Waals surface area contributed by atoms with Crippen molar-refractivity contribution in [2.75, 3.05) is 19.0 Å². The molecule has 4 atom stereocenters. The molecule has 0 bridgehead atoms. The van der Waals surface area contributed by atoms with Crippen LogP contribution in [0.2, 0.25) is 0 Å². The molecule has 20 heavy (non-hydrogen) atoms. The molecule has 0 aromatic heterocycles. The van der Waals surface area contributed by atoms with Crippen molar-refractivity contribution in [2.24, 2.45) is 0 Å². The van der Waals surface area contributed by atoms with Crippen LogP contribution in [0.15, 0.2) is 30.3 Å². The topological polar surface area (TPSA) is 85.2 Å². The second-order valence-electron chi connectivity index (χ2n) is 4.62. The number of ether oxygens (including phenoxy) is 1. The van der Waals surface area contributed by atoms with Crippen LogP contribution in [0, 0.1) is 0 Å². The van der Waals surface area contributed by atoms with E-state index < -0.39 is 24.5 Å². The number of nitrogens with zero attached hydrogens (tertiary/aromatic N) is 1. The van der Waals surface area contributed by atoms with Crippen molar-refractivity contribution >= 4 is 23.0 Å². The van der Waals surface area contributed by atoms with Gasteiger partial charge >= 0.3 is 0 Å². The Balaban J connectivity index is 2.11. The number of rotatable bonds is 2. The molecule has 2 rings (SSSR count). The van der Waals surface area contributed by atoms with E-state index in [9.17, 15) is 15.3 Å². The van der Waals surface area contributed by atoms with Crippen LogP contribution in [0.1, 0.15) is 0 Å². The highest BCUT2D eigenvalue weighted by atomic mass is 32.1. The number of anilines is 1. The number of benzene rings is 1. The number of β-amino-alcohol motifs (C(OH)–C–C–N with tert-alkyl or cyclic N) is 1. The quantitative estimate of drug-likeness (QED) is 0.560. The number of para-hydroxylation sites is 1. The normalized spacial score (nSPS) is 30.1. The summed E-state index contributed by atoms with van der Waals surface area (Å²) in [5.74, 6) is 0. The predicted molar refractivity (Wildman–Crippen MR) is 78.2 cm³/mol. The maximum Gasteiger partial charge on any atom is 0.175 e. The van der Waals surface area contributed by atoms with Crippen LogP contribution < -0.4 is 5.32 Å². The highest BCUT2D eigenvalue weighted by molar-refractivity contribution is 7.80. The molecule has 110 valence electrons. The molecule has 1 aliphatic rings. The van der Waals surface area contributed by atoms with Crippen LogP contribution >= 0.6 is 12.2 Å². The van der Waals surface area contributed by atoms with E-state index in [-0.39, 0.29) is 6.54 Å². The van der Waals surface area contributed by atoms with Gasteiger partial charge in [0.05, 0.1) is 6.54 Å². The first-order valence-corrected chi connectivity index (χ1v) is 6.65. The van der Waals surface area contributed by atoms with Crippen molar-refractivity contribution in [3.63, 3.8) is 0 Å². The summed E-state index contributed by atoms with van der Waals surface area (Å²) in [7, 11) is 1.41. The third-order valence-corrected chi connectivity index (χ3v) is 3.59. The number of aliphatic hydroxyl groups excluding tert-OH is 3. The Bertz CT molecular complexity index is 459. The fourth-order valence-corrected chi connectivity index (χ4v) is 2.47. The van der Waals surface area contributed by atoms with Crippen LogP contribution in [0.25, 0.3) is 0 Å². The molecule has 0 saturated carbocycles. The predicted octanol–water partition coefficient (Wildman–Crippen LogP) is -0.246. The van der Waals surface area contributed by atoms with Crippen LogP contribution in [0.4, 0.5) is 5.69 Å². The van der Waals surface area contributed by atoms with E-state index in [1.807, 2.05) is 30.3 Å². The monoisotopic (exact) mass is 298 g/mol. The van der Waals surface area contributed by atoms with E-state index in [4.69, 9.17) is 17.0 Å². The molecule has 7 heteroatoms. The molecule has 1 fully saturated rings. The molecule has 6 nitrogen and oxygen atoms in total. The number of thiocarbonyl (C=S) groups is 1. The minimum absolute atomic E-state index is 0.0788. The van der Waals surface area contributed by atoms with Crippen molar-refractivity contribution in [1.29, 1.82) is 0 Å². The molecular weight excluding hydrogens is 280 g/mol. The maximum atomic E-state index is 9.93. The van der Waals surface area contributed by atoms with E-state index in [0.717, 1.165) is 5.69 Å². The number of hydrogen-bond acceptors (Lipinski definition) is 5. The SMILES string of the molecule is CO[C@@H]1[C@H](O)[C@@H](O)[C@H](O)CN1C(=S)Nc1ccccc1. The molecule has 1 aromatic carbocycles. The molecule has 0 radical (unpaired) electrons. The van der Waals surface area contributed by atoms with Gasteiger partial charge in [-0.25, -0.2) is 0 Å². The van der Waals surface area contributed by atoms with E-state index in [0.29, 0.717) is 5.11 Å². The smallest absolute Gasteiger partial charge is 0.175 e. The van der Waals surface area contributed by atoms with Gasteiger partial charge in [0.25, 0.3) is 0 Å². The Morgan fingerprint density at radius 1 is 1.25 bits per heavy atom. The highest BCUT2D eigenvalue weighted by Gasteiger charge is 2.42. The number of likely N-dealkylation sites (tertiary alicyclic amines) is 1. The lowest BCUT2D eigenvalue weighted by molar-refractivity contribution is -0.184. The summed E-state index contributed by atoms with van der Waals surface area (Å²) in [5.41, 5.74) is 0.794. The highest BCUT2D eigenvalue weighted by Crippen LogP contribution is 2.21. The summed E-state index contributed by atoms with van der Waals surface area (Å²) in [6.07, 6.45) is -4.39. The number of hydrogen-bond donors (Lipinski definition) is 4. The van der Waals surface area contributed by atoms with Gasteiger partial charge in [0.1, 0.15) is 18.3 Å². The average molecular weight is 298 g/mol. The minimum atomic E-state index is -1.25. The average Bonchev–Trinajstić information content (AvgIpc) is 2.45. The van der Waals surface area contributed by atoms with E-state index in [1.54, 1.807) is 0 Å². The summed E-state index contributed by atoms with van der Waals surface area (Å²) in [4.78, 5) is 1.52. The Morgan fingerprint density at radius 2 is 1.90 bits per heavy atom. The van der Waals surface area contributed by atoms with Crippen molar-refractivity contribution in [1.82, 2.24) is 4.90 Å². The Hall–Kier alpha value is -1.25. The Morgan fingerprint density at radius 3 is 2.50 bits per heavy atom. The summed E-state index contributed by atoms with van der Waals surface area (Å²) in [5, 5.41) is 32.7. The third-order valence-electron chi connectivity index (χ3n) is 3.25. The van der Waals surface area contributed by atoms with Gasteiger partial charge in [-0.3, -0.25) is 0 Å². The van der Waals surface area contributed by atoms with Gasteiger partial charge < -0.3 is 30.3 Å². The summed E-state index contributed by atoms with van der Waals surface area (Å²) in [6, 6.07) is 9.31. The van der Waals surface area contributed by atoms with Crippen molar-refractivity contribution < 1.29 is 20.1 Å². The molecule has 1 aliphatic heterocycles. The largest absolute Gasteiger partial charge is 0.388 e. The third kappa shape index (κ3) is 3.08. The zero-order chi connectivity index (χ0) is 14.7. The lowest BCUT2D eigenvalue weighted by Crippen LogP contribution is -2.63. The maximum absolute atomic E-state index is 9.93. The first-order valence-electron chi connectivity index (χ1n) is 6.24. The van der Waals surface area contributed by atoms with Gasteiger partial charge in [-0.2, -0.15) is 0 Å². The van der Waals surface area contributed by atoms with Gasteiger partial charge in [-0.15, -0.1) is 0 Å². The summed E-state index contributed by atoms with van der Waals surface area (Å²) < 4.78 is 5.17. The molecule has 1 aromatic rings. The number of piperidine rings is 1. The second kappa shape index (κ2) is 6.47. The molecule has 0 aliphatic carbocycles. The van der Waals surface area contributed by atoms with Crippen LogP contribution in [0.3, 0.4) is 0 Å². The molecule has 1 heterocycles. The number of methoxy groups -OCH3 is 1. The minimum Gasteiger partial charge on any atom is -0.388 e. The lowest BCUT2D eigenvalue weighted by atomic mass is 10.0. The fraction of sp³-hybridized carbons (Fsp3) is 0.462. The van der Waals surface area contributed by atoms with Crippen LogP contribution in [-0.2, 0) is 4.74 Å². The summed E-state index contributed by atoms with van der Waals surface area (Å²) >= 11 is 5.27. The first kappa shape index (κ1) is 15.1. The zero-order valence-corrected chi connectivity index (χ0v) is 11.8. The summed E-state index contributed by atoms with van der Waals surface area (Å²) in [6.45, 7) is 0.0788. The van der Waals surface area contributed by atoms with Crippen LogP contribution in [-0.4, -0.2) is 63.5 Å². The molecule has 0 unspecified atom stereocenters. The first-order chi connectivity index (χ1) is 9.54. The van der Waals surface area contributed by atoms with E-state index in [1.165, 1.54) is 12.0 Å². The van der Waals surface area contributed by atoms with Crippen molar-refractivity contribution in [3.05, 3.63) is 30.3 Å². The molecular formula is C13H18N2O4S. The number of nitrogens with one attached hydrogen (secondary N) is 1. The lowest BCUT2D eigenvalue weighted by Gasteiger charge is -2.43. The standard InChI is InChI=1S/C13H18N2O4S/c1-19-12-11(18)10(17)9(16)7-15(12)13(20)14-8-5-3-2-4-6-8/h2-6,9-12,16-18H,7H2,1H3,(H,14,20)/t9-,10+,11-,12-/m1/s1. The van der Waals surface area contributed by atoms with Crippen molar-refractivity contribution in [3.8, 4) is 0 Å². The van der Waals surface area contributed by atoms with Gasteiger partial charge in [-0.05, 0) is 24.4 Å². The molecule has 0 spiro atoms. The van der Waals surface area contributed by atoms with Gasteiger partial charge in [0.2, 0.25) is 0 Å². The van der Waals surface area contributed by atoms with Gasteiger partial charge in [0, 0.05) is 12.8 Å². The number of aliphatic hydroxyl groups is 3. The van der Waals surface area contributed by atoms with Crippen molar-refractivity contribution in [2.45, 2.75) is 24.5 Å². The van der Waals surface area contributed by atoms with Crippen LogP contribution in [0.5, 0.6) is 0 Å². The molecule has 0 amide bonds. The molecule has 4 N–H and O–H groups in total. The van der Waals surface area contributed by atoms with Gasteiger partial charge in [0.15, 0.2) is 11.3 Å². The Kier molecular flexibility index (Phi) is 4.90. The van der Waals surface area contributed by atoms with Gasteiger partial charge in [-0.1, -0.05) is 18.2 Å². The second-order valence-corrected chi connectivity index (χ2v) is 5.01.